The maximum Gasteiger partial charge on any atom is 0.303 e. The maximum atomic E-state index is 11.9. The minimum absolute atomic E-state index is 0.0184. The molecule has 0 radical (unpaired) electrons. The molecule has 0 bridgehead atoms. The van der Waals surface area contributed by atoms with Gasteiger partial charge in [-0.2, -0.15) is 0 Å². The molecule has 1 aromatic carbocycles. The van der Waals surface area contributed by atoms with Gasteiger partial charge in [0.1, 0.15) is 0 Å². The molecule has 0 aliphatic heterocycles. The van der Waals surface area contributed by atoms with Crippen LogP contribution in [0.3, 0.4) is 0 Å². The number of benzene rings is 1. The van der Waals surface area contributed by atoms with Crippen LogP contribution in [0.5, 0.6) is 0 Å². The van der Waals surface area contributed by atoms with Gasteiger partial charge in [0.05, 0.1) is 6.42 Å². The number of aliphatic carboxylic acids is 1. The molecule has 0 aromatic heterocycles. The number of carbonyl (C=O) groups excluding carboxylic acids is 1. The summed E-state index contributed by atoms with van der Waals surface area (Å²) in [7, 11) is 0. The number of aryl methyl sites for hydroxylation is 1. The molecule has 19 heavy (non-hydrogen) atoms. The van der Waals surface area contributed by atoms with E-state index in [2.05, 4.69) is 12.2 Å². The van der Waals surface area contributed by atoms with Crippen molar-refractivity contribution in [3.05, 3.63) is 29.8 Å². The third kappa shape index (κ3) is 5.55. The molecule has 0 fully saturated rings. The number of carbonyl (C=O) groups is 2. The summed E-state index contributed by atoms with van der Waals surface area (Å²) in [5.74, 6) is -1.04. The van der Waals surface area contributed by atoms with Crippen molar-refractivity contribution < 1.29 is 14.7 Å². The Morgan fingerprint density at radius 3 is 2.53 bits per heavy atom. The van der Waals surface area contributed by atoms with Gasteiger partial charge in [-0.05, 0) is 29.5 Å². The minimum atomic E-state index is -0.884. The summed E-state index contributed by atoms with van der Waals surface area (Å²) in [5, 5.41) is 11.6. The fourth-order valence-corrected chi connectivity index (χ4v) is 1.98. The van der Waals surface area contributed by atoms with Crippen molar-refractivity contribution in [3.8, 4) is 0 Å². The van der Waals surface area contributed by atoms with Crippen molar-refractivity contribution >= 4 is 17.6 Å². The molecule has 1 rings (SSSR count). The zero-order valence-corrected chi connectivity index (χ0v) is 11.7. The second-order valence-corrected chi connectivity index (χ2v) is 5.51. The van der Waals surface area contributed by atoms with E-state index in [4.69, 9.17) is 5.11 Å². The molecule has 4 heteroatoms. The van der Waals surface area contributed by atoms with E-state index in [0.717, 1.165) is 17.7 Å². The van der Waals surface area contributed by atoms with Crippen LogP contribution in [0.2, 0.25) is 0 Å². The second kappa shape index (κ2) is 6.36. The van der Waals surface area contributed by atoms with E-state index in [0.29, 0.717) is 0 Å². The van der Waals surface area contributed by atoms with Gasteiger partial charge < -0.3 is 10.4 Å². The second-order valence-electron chi connectivity index (χ2n) is 5.51. The van der Waals surface area contributed by atoms with Gasteiger partial charge in [-0.3, -0.25) is 9.59 Å². The van der Waals surface area contributed by atoms with E-state index in [1.54, 1.807) is 13.8 Å². The number of amides is 1. The molecule has 0 saturated heterocycles. The lowest BCUT2D eigenvalue weighted by Gasteiger charge is -2.21. The van der Waals surface area contributed by atoms with Gasteiger partial charge in [0.2, 0.25) is 5.91 Å². The number of rotatable bonds is 6. The molecular weight excluding hydrogens is 242 g/mol. The third-order valence-corrected chi connectivity index (χ3v) is 2.89. The van der Waals surface area contributed by atoms with Crippen LogP contribution in [0.4, 0.5) is 5.69 Å². The average molecular weight is 263 g/mol. The quantitative estimate of drug-likeness (QED) is 0.828. The Balaban J connectivity index is 2.62. The Labute approximate surface area is 113 Å². The summed E-state index contributed by atoms with van der Waals surface area (Å²) >= 11 is 0. The Bertz CT molecular complexity index is 466. The Hall–Kier alpha value is -1.84. The van der Waals surface area contributed by atoms with Crippen LogP contribution in [0.1, 0.15) is 39.2 Å². The van der Waals surface area contributed by atoms with Gasteiger partial charge in [0.15, 0.2) is 0 Å². The molecule has 0 atom stereocenters. The molecule has 0 unspecified atom stereocenters. The van der Waals surface area contributed by atoms with E-state index < -0.39 is 11.4 Å². The average Bonchev–Trinajstić information content (AvgIpc) is 2.26. The smallest absolute Gasteiger partial charge is 0.303 e. The lowest BCUT2D eigenvalue weighted by atomic mass is 9.85. The number of hydrogen-bond donors (Lipinski definition) is 2. The predicted octanol–water partition coefficient (Wildman–Crippen LogP) is 3.08. The van der Waals surface area contributed by atoms with Crippen molar-refractivity contribution in [1.29, 1.82) is 0 Å². The topological polar surface area (TPSA) is 66.4 Å². The summed E-state index contributed by atoms with van der Waals surface area (Å²) in [6, 6.07) is 7.67. The first-order chi connectivity index (χ1) is 8.82. The van der Waals surface area contributed by atoms with Crippen molar-refractivity contribution in [2.45, 2.75) is 40.0 Å². The summed E-state index contributed by atoms with van der Waals surface area (Å²) in [6.07, 6.45) is 1.08. The van der Waals surface area contributed by atoms with E-state index in [1.165, 1.54) is 0 Å². The van der Waals surface area contributed by atoms with E-state index in [1.807, 2.05) is 24.3 Å². The zero-order chi connectivity index (χ0) is 14.5. The number of carboxylic acids is 1. The summed E-state index contributed by atoms with van der Waals surface area (Å²) < 4.78 is 0. The minimum Gasteiger partial charge on any atom is -0.481 e. The first kappa shape index (κ1) is 15.2. The molecule has 2 N–H and O–H groups in total. The number of carboxylic acid groups (broad SMARTS) is 1. The Morgan fingerprint density at radius 2 is 1.95 bits per heavy atom. The molecule has 0 heterocycles. The lowest BCUT2D eigenvalue weighted by Crippen LogP contribution is -2.24. The standard InChI is InChI=1S/C15H21NO3/c1-4-11-6-5-7-12(8-11)16-13(17)9-15(2,3)10-14(18)19/h5-8H,4,9-10H2,1-3H3,(H,16,17)(H,18,19). The van der Waals surface area contributed by atoms with E-state index in [9.17, 15) is 9.59 Å². The first-order valence-electron chi connectivity index (χ1n) is 6.43. The van der Waals surface area contributed by atoms with Crippen LogP contribution in [-0.4, -0.2) is 17.0 Å². The number of hydrogen-bond acceptors (Lipinski definition) is 2. The van der Waals surface area contributed by atoms with Crippen LogP contribution in [0.15, 0.2) is 24.3 Å². The van der Waals surface area contributed by atoms with Crippen LogP contribution >= 0.6 is 0 Å². The Morgan fingerprint density at radius 1 is 1.26 bits per heavy atom. The monoisotopic (exact) mass is 263 g/mol. The van der Waals surface area contributed by atoms with Crippen LogP contribution in [0.25, 0.3) is 0 Å². The van der Waals surface area contributed by atoms with Gasteiger partial charge in [-0.1, -0.05) is 32.9 Å². The highest BCUT2D eigenvalue weighted by molar-refractivity contribution is 5.91. The van der Waals surface area contributed by atoms with Crippen LogP contribution < -0.4 is 5.32 Å². The summed E-state index contributed by atoms with van der Waals surface area (Å²) in [4.78, 5) is 22.6. The molecule has 4 nitrogen and oxygen atoms in total. The fraction of sp³-hybridized carbons (Fsp3) is 0.467. The van der Waals surface area contributed by atoms with Gasteiger partial charge in [0, 0.05) is 12.1 Å². The molecule has 0 spiro atoms. The Kier molecular flexibility index (Phi) is 5.10. The predicted molar refractivity (Wildman–Crippen MR) is 75.1 cm³/mol. The maximum absolute atomic E-state index is 11.9. The normalized spacial score (nSPS) is 11.1. The van der Waals surface area contributed by atoms with Gasteiger partial charge >= 0.3 is 5.97 Å². The van der Waals surface area contributed by atoms with Crippen molar-refractivity contribution in [1.82, 2.24) is 0 Å². The van der Waals surface area contributed by atoms with Crippen LogP contribution in [-0.2, 0) is 16.0 Å². The van der Waals surface area contributed by atoms with Gasteiger partial charge in [-0.25, -0.2) is 0 Å². The molecule has 1 amide bonds. The molecule has 0 saturated carbocycles. The molecule has 104 valence electrons. The third-order valence-electron chi connectivity index (χ3n) is 2.89. The molecular formula is C15H21NO3. The highest BCUT2D eigenvalue weighted by Gasteiger charge is 2.25. The van der Waals surface area contributed by atoms with Crippen LogP contribution in [0, 0.1) is 5.41 Å². The molecule has 0 aliphatic carbocycles. The first-order valence-corrected chi connectivity index (χ1v) is 6.43. The molecule has 0 aliphatic rings. The fourth-order valence-electron chi connectivity index (χ4n) is 1.98. The lowest BCUT2D eigenvalue weighted by molar-refractivity contribution is -0.139. The molecule has 1 aromatic rings. The number of anilines is 1. The van der Waals surface area contributed by atoms with E-state index >= 15 is 0 Å². The largest absolute Gasteiger partial charge is 0.481 e. The van der Waals surface area contributed by atoms with Crippen molar-refractivity contribution in [3.63, 3.8) is 0 Å². The zero-order valence-electron chi connectivity index (χ0n) is 11.7. The number of nitrogens with one attached hydrogen (secondary N) is 1. The summed E-state index contributed by atoms with van der Waals surface area (Å²) in [6.45, 7) is 5.61. The highest BCUT2D eigenvalue weighted by Crippen LogP contribution is 2.25. The van der Waals surface area contributed by atoms with E-state index in [-0.39, 0.29) is 18.7 Å². The van der Waals surface area contributed by atoms with Crippen molar-refractivity contribution in [2.24, 2.45) is 5.41 Å². The van der Waals surface area contributed by atoms with Gasteiger partial charge in [0.25, 0.3) is 0 Å². The van der Waals surface area contributed by atoms with Gasteiger partial charge in [-0.15, -0.1) is 0 Å². The SMILES string of the molecule is CCc1cccc(NC(=O)CC(C)(C)CC(=O)O)c1. The highest BCUT2D eigenvalue weighted by atomic mass is 16.4. The van der Waals surface area contributed by atoms with Crippen molar-refractivity contribution in [2.75, 3.05) is 5.32 Å². The summed E-state index contributed by atoms with van der Waals surface area (Å²) in [5.41, 5.74) is 1.37.